The highest BCUT2D eigenvalue weighted by molar-refractivity contribution is 5.17. The first-order valence-corrected chi connectivity index (χ1v) is 9.09. The van der Waals surface area contributed by atoms with Gasteiger partial charge in [-0.05, 0) is 50.6 Å². The van der Waals surface area contributed by atoms with Crippen LogP contribution in [0.2, 0.25) is 0 Å². The molecule has 122 valence electrons. The highest BCUT2D eigenvalue weighted by Crippen LogP contribution is 2.54. The van der Waals surface area contributed by atoms with E-state index in [-0.39, 0.29) is 0 Å². The van der Waals surface area contributed by atoms with Gasteiger partial charge in [-0.15, -0.1) is 6.58 Å². The standard InChI is InChI=1S/C21H33N/c1-4-6-9-15-20-17-21(20,16-12-7-5-2)22(3)18-19-13-10-8-11-14-19/h4,8,10-11,13-14,20H,1,5-7,9,12,15-18H2,2-3H3/t20-,21+/m0/s1. The molecule has 0 radical (unpaired) electrons. The van der Waals surface area contributed by atoms with Gasteiger partial charge in [-0.25, -0.2) is 0 Å². The van der Waals surface area contributed by atoms with Crippen LogP contribution in [0.1, 0.15) is 63.9 Å². The summed E-state index contributed by atoms with van der Waals surface area (Å²) in [6.07, 6.45) is 12.8. The van der Waals surface area contributed by atoms with E-state index in [0.717, 1.165) is 12.5 Å². The van der Waals surface area contributed by atoms with Crippen LogP contribution < -0.4 is 0 Å². The average Bonchev–Trinajstić information content (AvgIpc) is 3.23. The summed E-state index contributed by atoms with van der Waals surface area (Å²) in [6.45, 7) is 7.24. The van der Waals surface area contributed by atoms with E-state index in [2.05, 4.69) is 61.9 Å². The first-order chi connectivity index (χ1) is 10.7. The van der Waals surface area contributed by atoms with Gasteiger partial charge in [-0.3, -0.25) is 4.90 Å². The Hall–Kier alpha value is -1.08. The summed E-state index contributed by atoms with van der Waals surface area (Å²) < 4.78 is 0. The lowest BCUT2D eigenvalue weighted by molar-refractivity contribution is 0.176. The molecule has 0 bridgehead atoms. The third-order valence-corrected chi connectivity index (χ3v) is 5.40. The maximum atomic E-state index is 3.86. The van der Waals surface area contributed by atoms with E-state index in [1.165, 1.54) is 56.9 Å². The molecule has 0 N–H and O–H groups in total. The Balaban J connectivity index is 1.94. The summed E-state index contributed by atoms with van der Waals surface area (Å²) >= 11 is 0. The van der Waals surface area contributed by atoms with Crippen LogP contribution in [-0.4, -0.2) is 17.5 Å². The molecule has 22 heavy (non-hydrogen) atoms. The molecule has 0 unspecified atom stereocenters. The Morgan fingerprint density at radius 2 is 2.00 bits per heavy atom. The first kappa shape index (κ1) is 17.3. The van der Waals surface area contributed by atoms with Crippen LogP contribution in [0, 0.1) is 5.92 Å². The van der Waals surface area contributed by atoms with Gasteiger partial charge in [-0.1, -0.05) is 62.6 Å². The molecule has 1 heteroatoms. The molecule has 0 aliphatic heterocycles. The molecule has 2 atom stereocenters. The zero-order valence-electron chi connectivity index (χ0n) is 14.6. The van der Waals surface area contributed by atoms with Gasteiger partial charge in [0.05, 0.1) is 0 Å². The van der Waals surface area contributed by atoms with Crippen LogP contribution in [0.25, 0.3) is 0 Å². The topological polar surface area (TPSA) is 3.24 Å². The van der Waals surface area contributed by atoms with Gasteiger partial charge in [0.25, 0.3) is 0 Å². The molecule has 1 aliphatic rings. The fourth-order valence-corrected chi connectivity index (χ4v) is 3.91. The van der Waals surface area contributed by atoms with E-state index in [1.54, 1.807) is 0 Å². The minimum atomic E-state index is 0.478. The Morgan fingerprint density at radius 3 is 2.68 bits per heavy atom. The maximum Gasteiger partial charge on any atom is 0.0242 e. The van der Waals surface area contributed by atoms with E-state index in [4.69, 9.17) is 0 Å². The van der Waals surface area contributed by atoms with Crippen molar-refractivity contribution in [3.63, 3.8) is 0 Å². The second-order valence-corrected chi connectivity index (χ2v) is 7.02. The van der Waals surface area contributed by atoms with Crippen molar-refractivity contribution in [3.8, 4) is 0 Å². The van der Waals surface area contributed by atoms with Crippen molar-refractivity contribution in [2.24, 2.45) is 5.92 Å². The molecular weight excluding hydrogens is 266 g/mol. The van der Waals surface area contributed by atoms with E-state index < -0.39 is 0 Å². The third kappa shape index (κ3) is 4.46. The van der Waals surface area contributed by atoms with Crippen molar-refractivity contribution < 1.29 is 0 Å². The van der Waals surface area contributed by atoms with Crippen LogP contribution >= 0.6 is 0 Å². The van der Waals surface area contributed by atoms with Gasteiger partial charge < -0.3 is 0 Å². The van der Waals surface area contributed by atoms with Gasteiger partial charge in [0.1, 0.15) is 0 Å². The minimum absolute atomic E-state index is 0.478. The molecule has 0 amide bonds. The Labute approximate surface area is 137 Å². The molecule has 2 rings (SSSR count). The highest BCUT2D eigenvalue weighted by atomic mass is 15.2. The predicted octanol–water partition coefficient (Wildman–Crippen LogP) is 5.81. The number of hydrogen-bond acceptors (Lipinski definition) is 1. The molecule has 0 heterocycles. The van der Waals surface area contributed by atoms with E-state index in [1.807, 2.05) is 0 Å². The third-order valence-electron chi connectivity index (χ3n) is 5.40. The Morgan fingerprint density at radius 1 is 1.23 bits per heavy atom. The van der Waals surface area contributed by atoms with Gasteiger partial charge in [0, 0.05) is 12.1 Å². The van der Waals surface area contributed by atoms with Gasteiger partial charge in [-0.2, -0.15) is 0 Å². The number of allylic oxidation sites excluding steroid dienone is 1. The van der Waals surface area contributed by atoms with E-state index in [0.29, 0.717) is 5.54 Å². The van der Waals surface area contributed by atoms with Crippen LogP contribution in [0.15, 0.2) is 43.0 Å². The quantitative estimate of drug-likeness (QED) is 0.368. The first-order valence-electron chi connectivity index (χ1n) is 9.09. The van der Waals surface area contributed by atoms with Crippen LogP contribution in [-0.2, 0) is 6.54 Å². The maximum absolute atomic E-state index is 3.86. The minimum Gasteiger partial charge on any atom is -0.296 e. The fraction of sp³-hybridized carbons (Fsp3) is 0.619. The molecule has 0 spiro atoms. The van der Waals surface area contributed by atoms with Crippen LogP contribution in [0.3, 0.4) is 0 Å². The summed E-state index contributed by atoms with van der Waals surface area (Å²) in [5.41, 5.74) is 1.92. The summed E-state index contributed by atoms with van der Waals surface area (Å²) in [6, 6.07) is 10.9. The van der Waals surface area contributed by atoms with Crippen molar-refractivity contribution in [3.05, 3.63) is 48.6 Å². The average molecular weight is 300 g/mol. The second kappa shape index (κ2) is 8.53. The van der Waals surface area contributed by atoms with E-state index in [9.17, 15) is 0 Å². The highest BCUT2D eigenvalue weighted by Gasteiger charge is 2.55. The number of unbranched alkanes of at least 4 members (excludes halogenated alkanes) is 3. The predicted molar refractivity (Wildman–Crippen MR) is 96.9 cm³/mol. The molecule has 1 fully saturated rings. The lowest BCUT2D eigenvalue weighted by Gasteiger charge is -2.30. The van der Waals surface area contributed by atoms with Crippen molar-refractivity contribution in [2.45, 2.75) is 70.4 Å². The zero-order valence-corrected chi connectivity index (χ0v) is 14.6. The lowest BCUT2D eigenvalue weighted by Crippen LogP contribution is -2.35. The Kier molecular flexibility index (Phi) is 6.70. The van der Waals surface area contributed by atoms with E-state index >= 15 is 0 Å². The van der Waals surface area contributed by atoms with Crippen LogP contribution in [0.4, 0.5) is 0 Å². The lowest BCUT2D eigenvalue weighted by atomic mass is 9.99. The number of rotatable bonds is 11. The molecular formula is C21H33N. The van der Waals surface area contributed by atoms with Gasteiger partial charge in [0.2, 0.25) is 0 Å². The molecule has 1 nitrogen and oxygen atoms in total. The molecule has 1 saturated carbocycles. The number of nitrogens with zero attached hydrogens (tertiary/aromatic N) is 1. The molecule has 0 saturated heterocycles. The monoisotopic (exact) mass is 299 g/mol. The van der Waals surface area contributed by atoms with Crippen molar-refractivity contribution in [2.75, 3.05) is 7.05 Å². The molecule has 1 aromatic carbocycles. The van der Waals surface area contributed by atoms with Gasteiger partial charge >= 0.3 is 0 Å². The van der Waals surface area contributed by atoms with Crippen LogP contribution in [0.5, 0.6) is 0 Å². The summed E-state index contributed by atoms with van der Waals surface area (Å²) in [7, 11) is 2.34. The zero-order chi connectivity index (χ0) is 15.8. The van der Waals surface area contributed by atoms with Crippen molar-refractivity contribution >= 4 is 0 Å². The summed E-state index contributed by atoms with van der Waals surface area (Å²) in [5, 5.41) is 0. The largest absolute Gasteiger partial charge is 0.296 e. The molecule has 0 aromatic heterocycles. The SMILES string of the molecule is C=CCCC[C@H]1C[C@@]1(CCCCC)N(C)Cc1ccccc1. The van der Waals surface area contributed by atoms with Crippen molar-refractivity contribution in [1.29, 1.82) is 0 Å². The van der Waals surface area contributed by atoms with Crippen molar-refractivity contribution in [1.82, 2.24) is 4.90 Å². The molecule has 1 aliphatic carbocycles. The second-order valence-electron chi connectivity index (χ2n) is 7.02. The number of benzene rings is 1. The summed E-state index contributed by atoms with van der Waals surface area (Å²) in [4.78, 5) is 2.65. The normalized spacial score (nSPS) is 23.7. The Bertz CT molecular complexity index is 438. The molecule has 1 aromatic rings. The smallest absolute Gasteiger partial charge is 0.0242 e. The summed E-state index contributed by atoms with van der Waals surface area (Å²) in [5.74, 6) is 0.901. The number of hydrogen-bond donors (Lipinski definition) is 0. The fourth-order valence-electron chi connectivity index (χ4n) is 3.91. The van der Waals surface area contributed by atoms with Gasteiger partial charge in [0.15, 0.2) is 0 Å².